The number of pyridine rings is 1. The molecule has 0 spiro atoms. The molecule has 0 bridgehead atoms. The number of methoxy groups -OCH3 is 1. The minimum atomic E-state index is 0.755. The van der Waals surface area contributed by atoms with Gasteiger partial charge in [0, 0.05) is 18.0 Å². The van der Waals surface area contributed by atoms with E-state index in [-0.39, 0.29) is 0 Å². The number of nitrogens with zero attached hydrogens (tertiary/aromatic N) is 3. The number of hydrazine groups is 1. The quantitative estimate of drug-likeness (QED) is 0.432. The number of nitrogens with one attached hydrogen (secondary N) is 1. The molecule has 0 radical (unpaired) electrons. The highest BCUT2D eigenvalue weighted by Gasteiger charge is 2.16. The predicted molar refractivity (Wildman–Crippen MR) is 127 cm³/mol. The van der Waals surface area contributed by atoms with Crippen LogP contribution in [0.3, 0.4) is 0 Å². The molecule has 3 aromatic rings. The van der Waals surface area contributed by atoms with Gasteiger partial charge in [0.25, 0.3) is 0 Å². The van der Waals surface area contributed by atoms with Gasteiger partial charge in [0.1, 0.15) is 11.6 Å². The summed E-state index contributed by atoms with van der Waals surface area (Å²) in [7, 11) is 1.66. The molecular weight excluding hydrogens is 384 g/mol. The standard InChI is InChI=1S/C26H24N4O/c1-19-6-4-8-26(22-11-15-25(31-3)16-12-22)30(19)29-20(2)28-24-13-9-21(10-14-24)23-7-5-17-27-18-23/h4-18H,1H2,2-3H3,(H,28,29). The first-order chi connectivity index (χ1) is 15.1. The van der Waals surface area contributed by atoms with Crippen molar-refractivity contribution in [1.82, 2.24) is 15.4 Å². The van der Waals surface area contributed by atoms with Crippen molar-refractivity contribution >= 4 is 17.2 Å². The summed E-state index contributed by atoms with van der Waals surface area (Å²) in [5.74, 6) is 1.58. The number of benzene rings is 2. The van der Waals surface area contributed by atoms with E-state index in [4.69, 9.17) is 9.73 Å². The fraction of sp³-hybridized carbons (Fsp3) is 0.0769. The van der Waals surface area contributed by atoms with Crippen LogP contribution in [0.25, 0.3) is 16.8 Å². The van der Waals surface area contributed by atoms with E-state index in [1.807, 2.05) is 97.0 Å². The Labute approximate surface area is 182 Å². The summed E-state index contributed by atoms with van der Waals surface area (Å²) in [4.78, 5) is 8.89. The zero-order valence-electron chi connectivity index (χ0n) is 17.6. The van der Waals surface area contributed by atoms with Crippen LogP contribution in [0.1, 0.15) is 12.5 Å². The number of ether oxygens (including phenoxy) is 1. The fourth-order valence-corrected chi connectivity index (χ4v) is 3.32. The lowest BCUT2D eigenvalue weighted by Gasteiger charge is -2.31. The second-order valence-electron chi connectivity index (χ2n) is 7.06. The second-order valence-corrected chi connectivity index (χ2v) is 7.06. The number of allylic oxidation sites excluding steroid dienone is 3. The Morgan fingerprint density at radius 2 is 1.74 bits per heavy atom. The number of aromatic nitrogens is 1. The molecule has 1 aliphatic heterocycles. The maximum atomic E-state index is 5.27. The monoisotopic (exact) mass is 408 g/mol. The molecule has 1 N–H and O–H groups in total. The lowest BCUT2D eigenvalue weighted by molar-refractivity contribution is 0.414. The Morgan fingerprint density at radius 3 is 2.42 bits per heavy atom. The summed E-state index contributed by atoms with van der Waals surface area (Å²) in [6.07, 6.45) is 9.61. The zero-order chi connectivity index (χ0) is 21.6. The number of amidine groups is 1. The van der Waals surface area contributed by atoms with Crippen molar-refractivity contribution in [2.24, 2.45) is 4.99 Å². The topological polar surface area (TPSA) is 49.8 Å². The summed E-state index contributed by atoms with van der Waals surface area (Å²) < 4.78 is 5.27. The minimum absolute atomic E-state index is 0.755. The molecule has 0 atom stereocenters. The lowest BCUT2D eigenvalue weighted by atomic mass is 10.1. The number of hydrogen-bond acceptors (Lipinski definition) is 4. The van der Waals surface area contributed by atoms with Crippen LogP contribution >= 0.6 is 0 Å². The third-order valence-electron chi connectivity index (χ3n) is 4.89. The molecule has 0 fully saturated rings. The first-order valence-corrected chi connectivity index (χ1v) is 9.98. The Balaban J connectivity index is 1.52. The molecule has 2 heterocycles. The van der Waals surface area contributed by atoms with Crippen LogP contribution in [0.15, 0.2) is 109 Å². The molecule has 2 aromatic carbocycles. The van der Waals surface area contributed by atoms with Crippen molar-refractivity contribution in [1.29, 1.82) is 0 Å². The fourth-order valence-electron chi connectivity index (χ4n) is 3.32. The maximum absolute atomic E-state index is 5.27. The van der Waals surface area contributed by atoms with E-state index >= 15 is 0 Å². The highest BCUT2D eigenvalue weighted by Crippen LogP contribution is 2.27. The van der Waals surface area contributed by atoms with E-state index < -0.39 is 0 Å². The highest BCUT2D eigenvalue weighted by molar-refractivity contribution is 5.84. The Bertz CT molecular complexity index is 1140. The third kappa shape index (κ3) is 4.73. The van der Waals surface area contributed by atoms with E-state index in [0.717, 1.165) is 45.4 Å². The summed E-state index contributed by atoms with van der Waals surface area (Å²) in [6.45, 7) is 6.10. The van der Waals surface area contributed by atoms with Crippen molar-refractivity contribution in [2.75, 3.05) is 7.11 Å². The molecule has 0 aliphatic carbocycles. The molecule has 1 aliphatic rings. The smallest absolute Gasteiger partial charge is 0.118 e. The van der Waals surface area contributed by atoms with E-state index in [0.29, 0.717) is 0 Å². The van der Waals surface area contributed by atoms with Gasteiger partial charge in [-0.25, -0.2) is 4.99 Å². The number of aliphatic imine (C=N–C) groups is 1. The van der Waals surface area contributed by atoms with Gasteiger partial charge in [0.15, 0.2) is 0 Å². The van der Waals surface area contributed by atoms with Gasteiger partial charge in [-0.1, -0.05) is 30.9 Å². The normalized spacial score (nSPS) is 13.7. The molecule has 31 heavy (non-hydrogen) atoms. The van der Waals surface area contributed by atoms with Crippen LogP contribution in [0.4, 0.5) is 5.69 Å². The molecule has 0 saturated carbocycles. The van der Waals surface area contributed by atoms with Crippen LogP contribution in [0.2, 0.25) is 0 Å². The largest absolute Gasteiger partial charge is 0.497 e. The molecule has 5 nitrogen and oxygen atoms in total. The van der Waals surface area contributed by atoms with Crippen molar-refractivity contribution in [3.8, 4) is 16.9 Å². The molecule has 154 valence electrons. The van der Waals surface area contributed by atoms with Crippen LogP contribution in [0, 0.1) is 0 Å². The average Bonchev–Trinajstić information content (AvgIpc) is 2.81. The Hall–Kier alpha value is -4.12. The van der Waals surface area contributed by atoms with E-state index in [1.54, 1.807) is 13.3 Å². The van der Waals surface area contributed by atoms with E-state index in [9.17, 15) is 0 Å². The van der Waals surface area contributed by atoms with Gasteiger partial charge in [0.05, 0.1) is 24.2 Å². The zero-order valence-corrected chi connectivity index (χ0v) is 17.6. The molecule has 0 saturated heterocycles. The lowest BCUT2D eigenvalue weighted by Crippen LogP contribution is -2.39. The maximum Gasteiger partial charge on any atom is 0.118 e. The van der Waals surface area contributed by atoms with Gasteiger partial charge < -0.3 is 4.74 Å². The van der Waals surface area contributed by atoms with Crippen molar-refractivity contribution in [3.05, 3.63) is 109 Å². The molecule has 0 amide bonds. The summed E-state index contributed by atoms with van der Waals surface area (Å²) in [5, 5.41) is 1.94. The highest BCUT2D eigenvalue weighted by atomic mass is 16.5. The average molecular weight is 409 g/mol. The molecule has 4 rings (SSSR count). The molecular formula is C26H24N4O. The van der Waals surface area contributed by atoms with E-state index in [2.05, 4.69) is 17.0 Å². The Kier molecular flexibility index (Phi) is 5.94. The number of rotatable bonds is 5. The van der Waals surface area contributed by atoms with Gasteiger partial charge >= 0.3 is 0 Å². The van der Waals surface area contributed by atoms with Crippen molar-refractivity contribution < 1.29 is 4.74 Å². The molecule has 1 aromatic heterocycles. The van der Waals surface area contributed by atoms with Crippen LogP contribution in [0.5, 0.6) is 5.75 Å². The Morgan fingerprint density at radius 1 is 1.00 bits per heavy atom. The molecule has 0 unspecified atom stereocenters. The van der Waals surface area contributed by atoms with Gasteiger partial charge in [-0.05, 0) is 72.7 Å². The van der Waals surface area contributed by atoms with Crippen molar-refractivity contribution in [3.63, 3.8) is 0 Å². The predicted octanol–water partition coefficient (Wildman–Crippen LogP) is 5.74. The molecule has 5 heteroatoms. The SMILES string of the molecule is C=C1C=CC=C(c2ccc(OC)cc2)N1NC(C)=Nc1ccc(-c2cccnc2)cc1. The first kappa shape index (κ1) is 20.2. The summed E-state index contributed by atoms with van der Waals surface area (Å²) >= 11 is 0. The first-order valence-electron chi connectivity index (χ1n) is 9.98. The van der Waals surface area contributed by atoms with Gasteiger partial charge in [0.2, 0.25) is 0 Å². The van der Waals surface area contributed by atoms with E-state index in [1.165, 1.54) is 0 Å². The van der Waals surface area contributed by atoms with Crippen LogP contribution in [-0.2, 0) is 0 Å². The summed E-state index contributed by atoms with van der Waals surface area (Å²) in [5.41, 5.74) is 9.28. The third-order valence-corrected chi connectivity index (χ3v) is 4.89. The minimum Gasteiger partial charge on any atom is -0.497 e. The number of hydrogen-bond donors (Lipinski definition) is 1. The summed E-state index contributed by atoms with van der Waals surface area (Å²) in [6, 6.07) is 20.0. The van der Waals surface area contributed by atoms with Gasteiger partial charge in [-0.2, -0.15) is 0 Å². The van der Waals surface area contributed by atoms with Gasteiger partial charge in [-0.3, -0.25) is 15.4 Å². The van der Waals surface area contributed by atoms with Gasteiger partial charge in [-0.15, -0.1) is 0 Å². The van der Waals surface area contributed by atoms with Crippen LogP contribution < -0.4 is 10.2 Å². The van der Waals surface area contributed by atoms with Crippen molar-refractivity contribution in [2.45, 2.75) is 6.92 Å². The van der Waals surface area contributed by atoms with Crippen LogP contribution in [-0.4, -0.2) is 22.9 Å². The second kappa shape index (κ2) is 9.13.